The second-order valence-corrected chi connectivity index (χ2v) is 29.2. The molecule has 0 aromatic rings. The van der Waals surface area contributed by atoms with Gasteiger partial charge < -0.3 is 97.7 Å². The third-order valence-electron chi connectivity index (χ3n) is 22.2. The number of carbonyl (C=O) groups excluding carboxylic acids is 5. The van der Waals surface area contributed by atoms with Crippen molar-refractivity contribution in [1.29, 1.82) is 0 Å². The van der Waals surface area contributed by atoms with Crippen LogP contribution in [0, 0.1) is 52.0 Å². The minimum atomic E-state index is -2.20. The lowest BCUT2D eigenvalue weighted by atomic mass is 9.49. The Kier molecular flexibility index (Phi) is 22.6. The molecule has 7 fully saturated rings. The molecule has 6 saturated heterocycles. The van der Waals surface area contributed by atoms with Crippen molar-refractivity contribution >= 4 is 30.1 Å². The highest BCUT2D eigenvalue weighted by Crippen LogP contribution is 2.61. The van der Waals surface area contributed by atoms with Crippen LogP contribution in [0.15, 0.2) is 58.4 Å². The molecule has 29 atom stereocenters. The molecule has 0 aromatic heterocycles. The SMILES string of the molecule is COC(=O)N[C@H]1[C@@H](C)O[C@@H](O[C@H]2C/C=C(\C)[C@@H]3C=C[C@@H]4[C@@H](O[C@@H]5C[C@@H](O[C@H]6CC[C@@H](O[C@@H]7C[C@@H](O)[C@@H](O[C@H]8CC[C@@H](O)[C@H](C)O8)[C@H](C)O7)[C@H](C)O6)[C@@H](OC(=O)C(C)C)[C@H](C)O5)[C@@H](C)C[C@H](C)[C@H]4[C@]3(C)C(O)=C3C(=O)O[C@]4(CC(C=O)=C[C@H](O)[C@H]4/C=C/2C)C3=O)C[C@]1(C)N([O-])O. The maximum absolute atomic E-state index is 15.6. The van der Waals surface area contributed by atoms with Crippen molar-refractivity contribution in [2.75, 3.05) is 7.11 Å². The number of hydrogen-bond donors (Lipinski definition) is 6. The van der Waals surface area contributed by atoms with Gasteiger partial charge in [0.05, 0.1) is 97.7 Å². The van der Waals surface area contributed by atoms with Gasteiger partial charge in [-0.3, -0.25) is 19.6 Å². The number of nitrogens with one attached hydrogen (secondary N) is 1. The summed E-state index contributed by atoms with van der Waals surface area (Å²) in [7, 11) is 1.16. The zero-order valence-corrected chi connectivity index (χ0v) is 57.1. The third-order valence-corrected chi connectivity index (χ3v) is 22.2. The first kappa shape index (κ1) is 73.1. The molecular formula is C69H101N2O24-. The Labute approximate surface area is 555 Å². The van der Waals surface area contributed by atoms with E-state index in [0.29, 0.717) is 44.0 Å². The highest BCUT2D eigenvalue weighted by atomic mass is 16.8. The number of Topliss-reactive ketones (excluding diaryl/α,β-unsaturated/α-hetero) is 1. The van der Waals surface area contributed by atoms with Gasteiger partial charge in [0.1, 0.15) is 29.8 Å². The minimum absolute atomic E-state index is 0.00417. The van der Waals surface area contributed by atoms with E-state index in [0.717, 1.165) is 12.7 Å². The summed E-state index contributed by atoms with van der Waals surface area (Å²) in [5.41, 5.74) is -4.76. The van der Waals surface area contributed by atoms with Crippen LogP contribution in [0.5, 0.6) is 0 Å². The molecule has 26 nitrogen and oxygen atoms in total. The Morgan fingerprint density at radius 1 is 0.726 bits per heavy atom. The fraction of sp³-hybridized carbons (Fsp3) is 0.783. The highest BCUT2D eigenvalue weighted by molar-refractivity contribution is 6.26. The topological polar surface area (TPSA) is 345 Å². The van der Waals surface area contributed by atoms with Crippen molar-refractivity contribution in [2.45, 2.75) is 288 Å². The summed E-state index contributed by atoms with van der Waals surface area (Å²) in [5.74, 6) is -6.80. The van der Waals surface area contributed by atoms with Gasteiger partial charge in [0.15, 0.2) is 43.2 Å². The molecule has 4 aliphatic carbocycles. The molecule has 6 N–H and O–H groups in total. The average Bonchev–Trinajstić information content (AvgIpc) is 1.52. The lowest BCUT2D eigenvalue weighted by Gasteiger charge is -2.56. The van der Waals surface area contributed by atoms with E-state index in [1.165, 1.54) is 13.0 Å². The lowest BCUT2D eigenvalue weighted by Crippen LogP contribution is -2.67. The van der Waals surface area contributed by atoms with Gasteiger partial charge in [-0.15, -0.1) is 0 Å². The van der Waals surface area contributed by atoms with E-state index >= 15 is 4.79 Å². The number of rotatable bonds is 15. The van der Waals surface area contributed by atoms with E-state index in [-0.39, 0.29) is 48.3 Å². The van der Waals surface area contributed by atoms with E-state index in [9.17, 15) is 50.0 Å². The number of methoxy groups -OCH3 is 1. The molecule has 6 aliphatic heterocycles. The maximum Gasteiger partial charge on any atom is 0.407 e. The van der Waals surface area contributed by atoms with E-state index in [1.54, 1.807) is 47.6 Å². The fourth-order valence-electron chi connectivity index (χ4n) is 17.0. The zero-order chi connectivity index (χ0) is 69.1. The Morgan fingerprint density at radius 3 is 2.01 bits per heavy atom. The molecule has 95 heavy (non-hydrogen) atoms. The van der Waals surface area contributed by atoms with Crippen LogP contribution in [-0.4, -0.2) is 202 Å². The number of aliphatic hydroxyl groups is 4. The predicted octanol–water partition coefficient (Wildman–Crippen LogP) is 6.91. The Hall–Kier alpha value is -4.59. The second-order valence-electron chi connectivity index (χ2n) is 29.2. The normalized spacial score (nSPS) is 46.8. The number of hydroxylamine groups is 2. The minimum Gasteiger partial charge on any atom is -0.762 e. The van der Waals surface area contributed by atoms with Crippen LogP contribution < -0.4 is 5.32 Å². The number of ketones is 1. The number of ether oxygens (including phenoxy) is 13. The van der Waals surface area contributed by atoms with E-state index in [1.807, 2.05) is 39.8 Å². The largest absolute Gasteiger partial charge is 0.762 e. The van der Waals surface area contributed by atoms with E-state index < -0.39 is 211 Å². The van der Waals surface area contributed by atoms with Crippen molar-refractivity contribution in [2.24, 2.45) is 46.8 Å². The molecule has 0 unspecified atom stereocenters. The summed E-state index contributed by atoms with van der Waals surface area (Å²) in [5, 5.41) is 72.6. The molecule has 1 amide bonds. The lowest BCUT2D eigenvalue weighted by molar-refractivity contribution is -0.331. The molecule has 0 radical (unpaired) electrons. The summed E-state index contributed by atoms with van der Waals surface area (Å²) in [6.45, 7) is 23.4. The number of nitrogens with zero attached hydrogens (tertiary/aromatic N) is 1. The number of alkyl carbamates (subject to hydrolysis) is 1. The smallest absolute Gasteiger partial charge is 0.407 e. The molecule has 1 saturated carbocycles. The van der Waals surface area contributed by atoms with Gasteiger partial charge in [0.25, 0.3) is 0 Å². The molecule has 6 heterocycles. The van der Waals surface area contributed by atoms with E-state index in [2.05, 4.69) is 25.2 Å². The van der Waals surface area contributed by atoms with Crippen LogP contribution in [0.4, 0.5) is 4.79 Å². The molecule has 10 aliphatic rings. The van der Waals surface area contributed by atoms with Crippen molar-refractivity contribution < 1.29 is 111 Å². The number of amides is 1. The average molecular weight is 1340 g/mol. The summed E-state index contributed by atoms with van der Waals surface area (Å²) >= 11 is 0. The molecule has 2 bridgehead atoms. The number of fused-ring (bicyclic) bond motifs is 4. The van der Waals surface area contributed by atoms with Gasteiger partial charge in [-0.05, 0) is 116 Å². The van der Waals surface area contributed by atoms with Gasteiger partial charge in [-0.1, -0.05) is 64.5 Å². The maximum atomic E-state index is 15.6. The molecular weight excluding hydrogens is 1240 g/mol. The molecule has 1 spiro atoms. The van der Waals surface area contributed by atoms with Gasteiger partial charge >= 0.3 is 18.0 Å². The Balaban J connectivity index is 0.913. The van der Waals surface area contributed by atoms with Crippen LogP contribution in [0.3, 0.4) is 0 Å². The summed E-state index contributed by atoms with van der Waals surface area (Å²) in [4.78, 5) is 68.9. The predicted molar refractivity (Wildman–Crippen MR) is 334 cm³/mol. The summed E-state index contributed by atoms with van der Waals surface area (Å²) < 4.78 is 82.2. The van der Waals surface area contributed by atoms with Gasteiger partial charge in [0, 0.05) is 55.8 Å². The fourth-order valence-corrected chi connectivity index (χ4v) is 17.0. The third kappa shape index (κ3) is 14.6. The molecule has 10 rings (SSSR count). The van der Waals surface area contributed by atoms with Crippen LogP contribution in [0.25, 0.3) is 0 Å². The van der Waals surface area contributed by atoms with Crippen molar-refractivity contribution in [3.8, 4) is 0 Å². The number of aldehydes is 1. The van der Waals surface area contributed by atoms with Crippen LogP contribution in [0.1, 0.15) is 154 Å². The van der Waals surface area contributed by atoms with E-state index in [4.69, 9.17) is 61.6 Å². The molecule has 0 aromatic carbocycles. The van der Waals surface area contributed by atoms with Gasteiger partial charge in [-0.25, -0.2) is 9.59 Å². The first-order valence-corrected chi connectivity index (χ1v) is 34.0. The number of aliphatic hydroxyl groups excluding tert-OH is 4. The van der Waals surface area contributed by atoms with Crippen LogP contribution in [0.2, 0.25) is 0 Å². The second kappa shape index (κ2) is 29.3. The van der Waals surface area contributed by atoms with Crippen LogP contribution in [-0.2, 0) is 80.8 Å². The van der Waals surface area contributed by atoms with Crippen LogP contribution >= 0.6 is 0 Å². The standard InChI is InChI=1S/C69H101N2O24/c1-31(2)64(78)94-60-39(10)87-54(27-50(60)91-51-22-20-49(37(8)85-51)90-53-26-47(75)59(38(9)86-53)92-52-21-18-45(73)36(7)84-52)93-58-35(6)23-34(5)57-42(58)16-17-43-32(3)15-19-48(89-55-29-67(12,71(81)82)61(40(11)88-55)70-66(80)83-14)33(4)24-44-46(74)25-41(30-72)28-69(44)63(77)56(65(79)95-69)62(76)68(43,57)13/h15-17,24-25,30-31,34-40,42-55,57-61,73-76,81H,18-23,26-29H2,1-14H3,(H,70,80)/q-1/b32-15+,33-24+,62-56?/t34-,35-,36-,37-,38-,39-,40+,42-,43-,44+,45+,46-,47+,48-,49+,50+,51-,52-,53+,54+,55-,57+,58-,59-,60-,61-,67-,68+,69-/m0/s1. The van der Waals surface area contributed by atoms with Gasteiger partial charge in [0.2, 0.25) is 5.78 Å². The molecule has 26 heteroatoms. The number of esters is 2. The highest BCUT2D eigenvalue weighted by Gasteiger charge is 2.65. The first-order chi connectivity index (χ1) is 44.8. The Bertz CT molecular complexity index is 2960. The van der Waals surface area contributed by atoms with Crippen molar-refractivity contribution in [3.63, 3.8) is 0 Å². The Morgan fingerprint density at radius 2 is 1.36 bits per heavy atom. The van der Waals surface area contributed by atoms with Crippen molar-refractivity contribution in [1.82, 2.24) is 10.5 Å². The molecule has 532 valence electrons. The quantitative estimate of drug-likeness (QED) is 0.0242. The first-order valence-electron chi connectivity index (χ1n) is 34.0. The summed E-state index contributed by atoms with van der Waals surface area (Å²) in [6.07, 6.45) is -3.97. The van der Waals surface area contributed by atoms with Gasteiger partial charge in [-0.2, -0.15) is 0 Å². The van der Waals surface area contributed by atoms with Crippen molar-refractivity contribution in [3.05, 3.63) is 63.6 Å². The zero-order valence-electron chi connectivity index (χ0n) is 57.1. The monoisotopic (exact) mass is 1340 g/mol. The summed E-state index contributed by atoms with van der Waals surface area (Å²) in [6, 6.07) is -1.06. The number of carbonyl (C=O) groups is 5. The number of hydrogen-bond acceptors (Lipinski definition) is 25. The number of allylic oxidation sites excluding steroid dienone is 3.